The summed E-state index contributed by atoms with van der Waals surface area (Å²) in [7, 11) is 0. The molecule has 1 aliphatic carbocycles. The van der Waals surface area contributed by atoms with Gasteiger partial charge in [-0.3, -0.25) is 14.6 Å². The fourth-order valence-electron chi connectivity index (χ4n) is 4.63. The molecule has 1 saturated heterocycles. The Morgan fingerprint density at radius 3 is 2.52 bits per heavy atom. The number of halogens is 1. The van der Waals surface area contributed by atoms with E-state index in [-0.39, 0.29) is 23.5 Å². The first kappa shape index (κ1) is 21.5. The molecule has 2 aromatic rings. The van der Waals surface area contributed by atoms with Crippen LogP contribution in [-0.2, 0) is 11.2 Å². The molecule has 5 nitrogen and oxygen atoms in total. The second kappa shape index (κ2) is 10.0. The maximum absolute atomic E-state index is 13.0. The van der Waals surface area contributed by atoms with Crippen LogP contribution < -0.4 is 5.32 Å². The van der Waals surface area contributed by atoms with Crippen molar-refractivity contribution in [2.24, 2.45) is 0 Å². The Hall–Kier alpha value is -2.76. The smallest absolute Gasteiger partial charge is 0.253 e. The number of nitrogens with one attached hydrogen (secondary N) is 1. The number of hydrogen-bond donors (Lipinski definition) is 1. The molecule has 4 rings (SSSR count). The van der Waals surface area contributed by atoms with E-state index in [1.165, 1.54) is 25.0 Å². The van der Waals surface area contributed by atoms with Gasteiger partial charge in [0.15, 0.2) is 0 Å². The van der Waals surface area contributed by atoms with Crippen molar-refractivity contribution in [1.29, 1.82) is 0 Å². The zero-order valence-corrected chi connectivity index (χ0v) is 17.9. The first-order valence-electron chi connectivity index (χ1n) is 11.4. The third-order valence-electron chi connectivity index (χ3n) is 6.47. The Balaban J connectivity index is 1.30. The molecule has 6 heteroatoms. The van der Waals surface area contributed by atoms with Crippen molar-refractivity contribution in [3.8, 4) is 0 Å². The van der Waals surface area contributed by atoms with Crippen LogP contribution in [0.5, 0.6) is 0 Å². The minimum atomic E-state index is -0.261. The molecule has 1 aromatic carbocycles. The first-order valence-corrected chi connectivity index (χ1v) is 11.4. The number of hydrogen-bond acceptors (Lipinski definition) is 3. The highest BCUT2D eigenvalue weighted by molar-refractivity contribution is 5.94. The summed E-state index contributed by atoms with van der Waals surface area (Å²) in [4.78, 5) is 31.6. The van der Waals surface area contributed by atoms with Gasteiger partial charge in [0.1, 0.15) is 5.82 Å². The number of piperidine rings is 1. The number of aryl methyl sites for hydroxylation is 1. The van der Waals surface area contributed by atoms with E-state index in [0.717, 1.165) is 43.5 Å². The van der Waals surface area contributed by atoms with Gasteiger partial charge in [0.2, 0.25) is 5.91 Å². The van der Waals surface area contributed by atoms with Crippen molar-refractivity contribution in [3.05, 3.63) is 65.2 Å². The maximum Gasteiger partial charge on any atom is 0.253 e. The summed E-state index contributed by atoms with van der Waals surface area (Å²) in [5.41, 5.74) is 2.50. The first-order chi connectivity index (χ1) is 15.1. The van der Waals surface area contributed by atoms with Gasteiger partial charge in [-0.05, 0) is 61.9 Å². The molecule has 1 saturated carbocycles. The van der Waals surface area contributed by atoms with Crippen LogP contribution >= 0.6 is 0 Å². The molecule has 0 spiro atoms. The van der Waals surface area contributed by atoms with Crippen molar-refractivity contribution in [3.63, 3.8) is 0 Å². The predicted octanol–water partition coefficient (Wildman–Crippen LogP) is 4.23. The Labute approximate surface area is 183 Å². The lowest BCUT2D eigenvalue weighted by Gasteiger charge is -2.32. The fourth-order valence-corrected chi connectivity index (χ4v) is 4.63. The highest BCUT2D eigenvalue weighted by atomic mass is 19.1. The SMILES string of the molecule is O=C(NC1CCCC1)c1ccc(C2CCCN(C(=O)CCc3ccc(F)cc3)C2)nc1. The molecule has 1 aromatic heterocycles. The van der Waals surface area contributed by atoms with E-state index in [1.54, 1.807) is 18.3 Å². The molecular weight excluding hydrogens is 393 g/mol. The van der Waals surface area contributed by atoms with Gasteiger partial charge in [-0.25, -0.2) is 4.39 Å². The third-order valence-corrected chi connectivity index (χ3v) is 6.47. The number of aromatic nitrogens is 1. The lowest BCUT2D eigenvalue weighted by Crippen LogP contribution is -2.39. The van der Waals surface area contributed by atoms with Crippen LogP contribution in [0.25, 0.3) is 0 Å². The van der Waals surface area contributed by atoms with Crippen molar-refractivity contribution in [1.82, 2.24) is 15.2 Å². The quantitative estimate of drug-likeness (QED) is 0.756. The highest BCUT2D eigenvalue weighted by Crippen LogP contribution is 2.26. The molecule has 1 atom stereocenters. The Morgan fingerprint density at radius 2 is 1.81 bits per heavy atom. The minimum absolute atomic E-state index is 0.0489. The van der Waals surface area contributed by atoms with Crippen molar-refractivity contribution >= 4 is 11.8 Å². The van der Waals surface area contributed by atoms with Gasteiger partial charge < -0.3 is 10.2 Å². The van der Waals surface area contributed by atoms with Gasteiger partial charge in [-0.15, -0.1) is 0 Å². The lowest BCUT2D eigenvalue weighted by molar-refractivity contribution is -0.132. The molecule has 1 N–H and O–H groups in total. The number of pyridine rings is 1. The Kier molecular flexibility index (Phi) is 6.95. The van der Waals surface area contributed by atoms with E-state index >= 15 is 0 Å². The molecule has 0 radical (unpaired) electrons. The summed E-state index contributed by atoms with van der Waals surface area (Å²) in [6, 6.07) is 10.4. The van der Waals surface area contributed by atoms with Gasteiger partial charge >= 0.3 is 0 Å². The summed E-state index contributed by atoms with van der Waals surface area (Å²) >= 11 is 0. The normalized spacial score (nSPS) is 19.4. The average molecular weight is 424 g/mol. The van der Waals surface area contributed by atoms with Crippen LogP contribution in [0, 0.1) is 5.82 Å². The molecular formula is C25H30FN3O2. The maximum atomic E-state index is 13.0. The number of carbonyl (C=O) groups excluding carboxylic acids is 2. The molecule has 1 aliphatic heterocycles. The average Bonchev–Trinajstić information content (AvgIpc) is 3.32. The van der Waals surface area contributed by atoms with E-state index in [0.29, 0.717) is 31.0 Å². The van der Waals surface area contributed by atoms with Crippen LogP contribution in [0.4, 0.5) is 4.39 Å². The lowest BCUT2D eigenvalue weighted by atomic mass is 9.93. The number of amides is 2. The third kappa shape index (κ3) is 5.69. The van der Waals surface area contributed by atoms with Crippen molar-refractivity contribution in [2.75, 3.05) is 13.1 Å². The topological polar surface area (TPSA) is 62.3 Å². The number of rotatable bonds is 6. The number of carbonyl (C=O) groups is 2. The molecule has 2 amide bonds. The van der Waals surface area contributed by atoms with Crippen LogP contribution in [-0.4, -0.2) is 40.8 Å². The van der Waals surface area contributed by atoms with Gasteiger partial charge in [0.25, 0.3) is 5.91 Å². The monoisotopic (exact) mass is 423 g/mol. The molecule has 0 bridgehead atoms. The van der Waals surface area contributed by atoms with Crippen LogP contribution in [0.1, 0.15) is 72.5 Å². The largest absolute Gasteiger partial charge is 0.349 e. The summed E-state index contributed by atoms with van der Waals surface area (Å²) in [6.45, 7) is 1.42. The van der Waals surface area contributed by atoms with Crippen LogP contribution in [0.3, 0.4) is 0 Å². The Morgan fingerprint density at radius 1 is 1.03 bits per heavy atom. The molecule has 2 heterocycles. The molecule has 2 aliphatic rings. The second-order valence-electron chi connectivity index (χ2n) is 8.73. The molecule has 2 fully saturated rings. The highest BCUT2D eigenvalue weighted by Gasteiger charge is 2.26. The summed E-state index contributed by atoms with van der Waals surface area (Å²) < 4.78 is 13.0. The van der Waals surface area contributed by atoms with E-state index < -0.39 is 0 Å². The van der Waals surface area contributed by atoms with Gasteiger partial charge in [0, 0.05) is 43.4 Å². The molecule has 31 heavy (non-hydrogen) atoms. The zero-order chi connectivity index (χ0) is 21.6. The molecule has 164 valence electrons. The second-order valence-corrected chi connectivity index (χ2v) is 8.73. The Bertz CT molecular complexity index is 892. The van der Waals surface area contributed by atoms with Crippen molar-refractivity contribution in [2.45, 2.75) is 63.3 Å². The van der Waals surface area contributed by atoms with Crippen LogP contribution in [0.15, 0.2) is 42.6 Å². The van der Waals surface area contributed by atoms with E-state index in [4.69, 9.17) is 0 Å². The van der Waals surface area contributed by atoms with Crippen molar-refractivity contribution < 1.29 is 14.0 Å². The van der Waals surface area contributed by atoms with Gasteiger partial charge in [-0.2, -0.15) is 0 Å². The van der Waals surface area contributed by atoms with Gasteiger partial charge in [-0.1, -0.05) is 25.0 Å². The fraction of sp³-hybridized carbons (Fsp3) is 0.480. The number of benzene rings is 1. The standard InChI is InChI=1S/C25H30FN3O2/c26-21-11-7-18(8-12-21)9-14-24(30)29-15-3-4-20(17-29)23-13-10-19(16-27-23)25(31)28-22-5-1-2-6-22/h7-8,10-13,16,20,22H,1-6,9,14-15,17H2,(H,28,31). The zero-order valence-electron chi connectivity index (χ0n) is 17.9. The molecule has 1 unspecified atom stereocenters. The van der Waals surface area contributed by atoms with E-state index in [2.05, 4.69) is 10.3 Å². The number of likely N-dealkylation sites (tertiary alicyclic amines) is 1. The van der Waals surface area contributed by atoms with E-state index in [1.807, 2.05) is 17.0 Å². The van der Waals surface area contributed by atoms with Gasteiger partial charge in [0.05, 0.1) is 5.56 Å². The summed E-state index contributed by atoms with van der Waals surface area (Å²) in [5.74, 6) is 0.00716. The minimum Gasteiger partial charge on any atom is -0.349 e. The summed E-state index contributed by atoms with van der Waals surface area (Å²) in [6.07, 6.45) is 9.12. The van der Waals surface area contributed by atoms with E-state index in [9.17, 15) is 14.0 Å². The predicted molar refractivity (Wildman–Crippen MR) is 117 cm³/mol. The number of nitrogens with zero attached hydrogens (tertiary/aromatic N) is 2. The van der Waals surface area contributed by atoms with Crippen LogP contribution in [0.2, 0.25) is 0 Å². The summed E-state index contributed by atoms with van der Waals surface area (Å²) in [5, 5.41) is 3.09.